The first-order chi connectivity index (χ1) is 8.77. The van der Waals surface area contributed by atoms with Crippen molar-refractivity contribution in [2.45, 2.75) is 13.3 Å². The van der Waals surface area contributed by atoms with Crippen LogP contribution in [-0.4, -0.2) is 37.8 Å². The molecule has 3 N–H and O–H groups in total. The zero-order valence-electron chi connectivity index (χ0n) is 10.7. The van der Waals surface area contributed by atoms with Crippen LogP contribution in [-0.2, 0) is 6.42 Å². The van der Waals surface area contributed by atoms with Crippen LogP contribution >= 0.6 is 0 Å². The highest BCUT2D eigenvalue weighted by atomic mass is 16.5. The lowest BCUT2D eigenvalue weighted by Gasteiger charge is -2.04. The number of nitrogens with one attached hydrogen (secondary N) is 3. The normalized spacial score (nSPS) is 11.1. The van der Waals surface area contributed by atoms with Crippen LogP contribution in [0.3, 0.4) is 0 Å². The van der Waals surface area contributed by atoms with Crippen molar-refractivity contribution in [3.63, 3.8) is 0 Å². The summed E-state index contributed by atoms with van der Waals surface area (Å²) in [4.78, 5) is 4.16. The molecule has 0 fully saturated rings. The van der Waals surface area contributed by atoms with Gasteiger partial charge < -0.3 is 15.2 Å². The van der Waals surface area contributed by atoms with Gasteiger partial charge in [-0.3, -0.25) is 10.3 Å². The van der Waals surface area contributed by atoms with E-state index in [1.165, 1.54) is 0 Å². The molecule has 18 heavy (non-hydrogen) atoms. The molecule has 0 bridgehead atoms. The van der Waals surface area contributed by atoms with E-state index >= 15 is 0 Å². The predicted molar refractivity (Wildman–Crippen MR) is 67.9 cm³/mol. The Morgan fingerprint density at radius 3 is 3.00 bits per heavy atom. The maximum Gasteiger partial charge on any atom is 0.204 e. The number of hydrogen-bond acceptors (Lipinski definition) is 5. The summed E-state index contributed by atoms with van der Waals surface area (Å²) in [5, 5.41) is 20.6. The fraction of sp³-hybridized carbons (Fsp3) is 0.545. The number of hydrogen-bond donors (Lipinski definition) is 3. The first kappa shape index (κ1) is 14.0. The molecule has 0 unspecified atom stereocenters. The number of aromatic nitrogens is 1. The maximum atomic E-state index is 8.43. The SMILES string of the molecule is CN/C(=N/CCNCCc1cnoc1C)NC#N. The van der Waals surface area contributed by atoms with E-state index in [2.05, 4.69) is 26.1 Å². The fourth-order valence-corrected chi connectivity index (χ4v) is 1.39. The largest absolute Gasteiger partial charge is 0.361 e. The van der Waals surface area contributed by atoms with Gasteiger partial charge in [0.05, 0.1) is 12.7 Å². The van der Waals surface area contributed by atoms with E-state index in [-0.39, 0.29) is 0 Å². The number of guanidine groups is 1. The molecule has 1 rings (SSSR count). The van der Waals surface area contributed by atoms with Crippen LogP contribution in [0.15, 0.2) is 15.7 Å². The molecule has 7 heteroatoms. The molecule has 0 radical (unpaired) electrons. The highest BCUT2D eigenvalue weighted by molar-refractivity contribution is 5.80. The van der Waals surface area contributed by atoms with Crippen LogP contribution < -0.4 is 16.0 Å². The first-order valence-electron chi connectivity index (χ1n) is 5.76. The molecule has 7 nitrogen and oxygen atoms in total. The number of nitrogens with zero attached hydrogens (tertiary/aromatic N) is 3. The van der Waals surface area contributed by atoms with Gasteiger partial charge in [-0.05, 0) is 19.9 Å². The second-order valence-electron chi connectivity index (χ2n) is 3.62. The molecule has 0 amide bonds. The summed E-state index contributed by atoms with van der Waals surface area (Å²) in [6, 6.07) is 0. The molecule has 0 aliphatic carbocycles. The second kappa shape index (κ2) is 8.08. The minimum absolute atomic E-state index is 0.481. The van der Waals surface area contributed by atoms with Crippen molar-refractivity contribution < 1.29 is 4.52 Å². The van der Waals surface area contributed by atoms with Crippen LogP contribution in [0, 0.1) is 18.4 Å². The molecule has 1 heterocycles. The third-order valence-corrected chi connectivity index (χ3v) is 2.39. The van der Waals surface area contributed by atoms with Gasteiger partial charge in [0.25, 0.3) is 0 Å². The van der Waals surface area contributed by atoms with Crippen molar-refractivity contribution in [2.75, 3.05) is 26.7 Å². The monoisotopic (exact) mass is 250 g/mol. The Balaban J connectivity index is 2.12. The van der Waals surface area contributed by atoms with Gasteiger partial charge in [-0.1, -0.05) is 5.16 Å². The summed E-state index contributed by atoms with van der Waals surface area (Å²) in [6.07, 6.45) is 4.44. The molecule has 98 valence electrons. The standard InChI is InChI=1S/C11H18N6O/c1-9-10(7-17-18-9)3-4-14-5-6-15-11(13-2)16-8-12/h7,14H,3-6H2,1-2H3,(H2,13,15,16). The van der Waals surface area contributed by atoms with E-state index in [9.17, 15) is 0 Å². The Hall–Kier alpha value is -2.07. The lowest BCUT2D eigenvalue weighted by molar-refractivity contribution is 0.396. The Labute approximate surface area is 106 Å². The molecule has 1 aromatic rings. The smallest absolute Gasteiger partial charge is 0.204 e. The van der Waals surface area contributed by atoms with Gasteiger partial charge in [0.2, 0.25) is 5.96 Å². The second-order valence-corrected chi connectivity index (χ2v) is 3.62. The van der Waals surface area contributed by atoms with Crippen molar-refractivity contribution in [1.29, 1.82) is 5.26 Å². The van der Waals surface area contributed by atoms with Gasteiger partial charge in [0.15, 0.2) is 6.19 Å². The van der Waals surface area contributed by atoms with Gasteiger partial charge in [-0.15, -0.1) is 0 Å². The van der Waals surface area contributed by atoms with Crippen LogP contribution in [0.2, 0.25) is 0 Å². The van der Waals surface area contributed by atoms with E-state index in [4.69, 9.17) is 9.78 Å². The van der Waals surface area contributed by atoms with Gasteiger partial charge in [0.1, 0.15) is 5.76 Å². The lowest BCUT2D eigenvalue weighted by atomic mass is 10.2. The van der Waals surface area contributed by atoms with Crippen molar-refractivity contribution >= 4 is 5.96 Å². The van der Waals surface area contributed by atoms with Crippen molar-refractivity contribution in [3.8, 4) is 6.19 Å². The van der Waals surface area contributed by atoms with Gasteiger partial charge in [0, 0.05) is 19.2 Å². The van der Waals surface area contributed by atoms with Crippen LogP contribution in [0.4, 0.5) is 0 Å². The zero-order valence-corrected chi connectivity index (χ0v) is 10.7. The summed E-state index contributed by atoms with van der Waals surface area (Å²) < 4.78 is 4.97. The van der Waals surface area contributed by atoms with Gasteiger partial charge >= 0.3 is 0 Å². The van der Waals surface area contributed by atoms with E-state index in [1.54, 1.807) is 13.2 Å². The Kier molecular flexibility index (Phi) is 6.28. The summed E-state index contributed by atoms with van der Waals surface area (Å²) in [7, 11) is 1.71. The van der Waals surface area contributed by atoms with Crippen LogP contribution in [0.1, 0.15) is 11.3 Å². The van der Waals surface area contributed by atoms with Crippen molar-refractivity contribution in [1.82, 2.24) is 21.1 Å². The quantitative estimate of drug-likeness (QED) is 0.212. The average Bonchev–Trinajstić information content (AvgIpc) is 2.78. The van der Waals surface area contributed by atoms with Crippen LogP contribution in [0.25, 0.3) is 0 Å². The molecule has 0 saturated carbocycles. The third kappa shape index (κ3) is 4.84. The number of aliphatic imine (C=N–C) groups is 1. The molecular weight excluding hydrogens is 232 g/mol. The molecule has 0 saturated heterocycles. The molecule has 0 atom stereocenters. The van der Waals surface area contributed by atoms with Crippen molar-refractivity contribution in [2.24, 2.45) is 4.99 Å². The molecule has 0 spiro atoms. The minimum Gasteiger partial charge on any atom is -0.361 e. The number of rotatable bonds is 6. The number of aryl methyl sites for hydroxylation is 1. The van der Waals surface area contributed by atoms with Crippen molar-refractivity contribution in [3.05, 3.63) is 17.5 Å². The Morgan fingerprint density at radius 2 is 2.39 bits per heavy atom. The van der Waals surface area contributed by atoms with E-state index < -0.39 is 0 Å². The number of nitriles is 1. The lowest BCUT2D eigenvalue weighted by Crippen LogP contribution is -2.32. The topological polar surface area (TPSA) is 98.3 Å². The van der Waals surface area contributed by atoms with E-state index in [1.807, 2.05) is 13.1 Å². The average molecular weight is 250 g/mol. The third-order valence-electron chi connectivity index (χ3n) is 2.39. The predicted octanol–water partition coefficient (Wildman–Crippen LogP) is -0.239. The Morgan fingerprint density at radius 1 is 1.56 bits per heavy atom. The summed E-state index contributed by atoms with van der Waals surface area (Å²) in [5.41, 5.74) is 1.12. The van der Waals surface area contributed by atoms with Crippen LogP contribution in [0.5, 0.6) is 0 Å². The molecule has 0 aliphatic heterocycles. The van der Waals surface area contributed by atoms with Gasteiger partial charge in [-0.25, -0.2) is 0 Å². The first-order valence-corrected chi connectivity index (χ1v) is 5.76. The molecule has 0 aromatic carbocycles. The fourth-order valence-electron chi connectivity index (χ4n) is 1.39. The minimum atomic E-state index is 0.481. The van der Waals surface area contributed by atoms with Gasteiger partial charge in [-0.2, -0.15) is 5.26 Å². The summed E-state index contributed by atoms with van der Waals surface area (Å²) in [5.74, 6) is 1.35. The summed E-state index contributed by atoms with van der Waals surface area (Å²) in [6.45, 7) is 4.10. The zero-order chi connectivity index (χ0) is 13.2. The maximum absolute atomic E-state index is 8.43. The highest BCUT2D eigenvalue weighted by Crippen LogP contribution is 2.05. The Bertz CT molecular complexity index is 419. The highest BCUT2D eigenvalue weighted by Gasteiger charge is 2.01. The molecular formula is C11H18N6O. The molecule has 1 aromatic heterocycles. The molecule has 0 aliphatic rings. The van der Waals surface area contributed by atoms with E-state index in [0.29, 0.717) is 12.5 Å². The van der Waals surface area contributed by atoms with E-state index in [0.717, 1.165) is 30.8 Å². The summed E-state index contributed by atoms with van der Waals surface area (Å²) >= 11 is 0.